The molecule has 3 rings (SSSR count). The van der Waals surface area contributed by atoms with Gasteiger partial charge in [-0.2, -0.15) is 0 Å². The number of ether oxygens (including phenoxy) is 2. The van der Waals surface area contributed by atoms with Gasteiger partial charge in [0.25, 0.3) is 0 Å². The summed E-state index contributed by atoms with van der Waals surface area (Å²) < 4.78 is 39.5. The van der Waals surface area contributed by atoms with Crippen LogP contribution in [0, 0.1) is 11.6 Å². The van der Waals surface area contributed by atoms with Gasteiger partial charge in [0, 0.05) is 37.3 Å². The molecule has 1 heterocycles. The van der Waals surface area contributed by atoms with E-state index in [1.54, 1.807) is 4.90 Å². The fourth-order valence-electron chi connectivity index (χ4n) is 3.61. The number of piperazine rings is 1. The van der Waals surface area contributed by atoms with Crippen molar-refractivity contribution in [3.8, 4) is 5.75 Å². The van der Waals surface area contributed by atoms with E-state index in [9.17, 15) is 13.6 Å². The lowest BCUT2D eigenvalue weighted by Gasteiger charge is -2.38. The number of rotatable bonds is 7. The molecule has 2 atom stereocenters. The lowest BCUT2D eigenvalue weighted by molar-refractivity contribution is 0.0551. The zero-order chi connectivity index (χ0) is 21.5. The first-order valence-corrected chi connectivity index (χ1v) is 10.3. The Labute approximate surface area is 176 Å². The fraction of sp³-hybridized carbons (Fsp3) is 0.435. The van der Waals surface area contributed by atoms with Crippen LogP contribution < -0.4 is 10.1 Å². The molecule has 1 fully saturated rings. The topological polar surface area (TPSA) is 50.8 Å². The summed E-state index contributed by atoms with van der Waals surface area (Å²) in [6, 6.07) is 12.1. The molecule has 0 spiro atoms. The molecule has 0 unspecified atom stereocenters. The first-order valence-electron chi connectivity index (χ1n) is 10.3. The Morgan fingerprint density at radius 3 is 2.37 bits per heavy atom. The molecule has 0 saturated carbocycles. The molecule has 1 N–H and O–H groups in total. The molecule has 5 nitrogen and oxygen atoms in total. The van der Waals surface area contributed by atoms with Crippen molar-refractivity contribution < 1.29 is 23.0 Å². The Morgan fingerprint density at radius 2 is 1.73 bits per heavy atom. The molecule has 1 aliphatic heterocycles. The summed E-state index contributed by atoms with van der Waals surface area (Å²) >= 11 is 0. The Kier molecular flexibility index (Phi) is 7.63. The third kappa shape index (κ3) is 5.69. The first-order chi connectivity index (χ1) is 14.5. The number of halogens is 2. The van der Waals surface area contributed by atoms with E-state index in [-0.39, 0.29) is 23.4 Å². The van der Waals surface area contributed by atoms with Gasteiger partial charge in [-0.15, -0.1) is 0 Å². The van der Waals surface area contributed by atoms with Crippen LogP contribution in [0.4, 0.5) is 13.6 Å². The van der Waals surface area contributed by atoms with Crippen molar-refractivity contribution >= 4 is 6.09 Å². The van der Waals surface area contributed by atoms with E-state index in [4.69, 9.17) is 9.47 Å². The molecule has 1 aliphatic rings. The highest BCUT2D eigenvalue weighted by Crippen LogP contribution is 2.22. The molecule has 2 aromatic rings. The van der Waals surface area contributed by atoms with Gasteiger partial charge in [-0.05, 0) is 32.3 Å². The van der Waals surface area contributed by atoms with Crippen LogP contribution in [0.15, 0.2) is 42.5 Å². The maximum Gasteiger partial charge on any atom is 0.410 e. The average molecular weight is 418 g/mol. The molecular formula is C23H28F2N2O3. The minimum absolute atomic E-state index is 0.0531. The Bertz CT molecular complexity index is 815. The van der Waals surface area contributed by atoms with E-state index in [0.29, 0.717) is 19.7 Å². The van der Waals surface area contributed by atoms with Crippen LogP contribution in [0.5, 0.6) is 5.75 Å². The summed E-state index contributed by atoms with van der Waals surface area (Å²) in [5.74, 6) is -1.46. The summed E-state index contributed by atoms with van der Waals surface area (Å²) in [6.45, 7) is 4.98. The van der Waals surface area contributed by atoms with E-state index in [1.165, 1.54) is 5.56 Å². The zero-order valence-corrected chi connectivity index (χ0v) is 17.4. The average Bonchev–Trinajstić information content (AvgIpc) is 2.71. The molecule has 1 amide bonds. The Hall–Kier alpha value is -2.67. The maximum absolute atomic E-state index is 14.4. The van der Waals surface area contributed by atoms with Crippen LogP contribution in [-0.4, -0.2) is 42.8 Å². The van der Waals surface area contributed by atoms with E-state index < -0.39 is 24.3 Å². The van der Waals surface area contributed by atoms with Gasteiger partial charge in [0.05, 0.1) is 12.2 Å². The third-order valence-electron chi connectivity index (χ3n) is 5.22. The largest absolute Gasteiger partial charge is 0.493 e. The highest BCUT2D eigenvalue weighted by molar-refractivity contribution is 5.68. The van der Waals surface area contributed by atoms with Crippen molar-refractivity contribution in [2.45, 2.75) is 45.4 Å². The molecule has 1 saturated heterocycles. The van der Waals surface area contributed by atoms with E-state index in [1.807, 2.05) is 44.2 Å². The SMILES string of the molecule is C[C@@H]1CNC[C@H](C)N1C(=O)OCc1c(F)cc(OCCCc2ccccc2)cc1F. The number of hydrogen-bond acceptors (Lipinski definition) is 4. The molecular weight excluding hydrogens is 390 g/mol. The van der Waals surface area contributed by atoms with Gasteiger partial charge in [0.15, 0.2) is 0 Å². The van der Waals surface area contributed by atoms with Crippen molar-refractivity contribution in [3.05, 3.63) is 65.2 Å². The van der Waals surface area contributed by atoms with Gasteiger partial charge in [-0.3, -0.25) is 0 Å². The Balaban J connectivity index is 1.52. The predicted molar refractivity (Wildman–Crippen MR) is 110 cm³/mol. The van der Waals surface area contributed by atoms with Crippen molar-refractivity contribution in [1.82, 2.24) is 10.2 Å². The van der Waals surface area contributed by atoms with Crippen molar-refractivity contribution in [3.63, 3.8) is 0 Å². The second-order valence-corrected chi connectivity index (χ2v) is 7.62. The minimum atomic E-state index is -0.790. The van der Waals surface area contributed by atoms with Crippen molar-refractivity contribution in [2.24, 2.45) is 0 Å². The molecule has 0 aromatic heterocycles. The van der Waals surface area contributed by atoms with E-state index in [2.05, 4.69) is 5.32 Å². The highest BCUT2D eigenvalue weighted by Gasteiger charge is 2.30. The maximum atomic E-state index is 14.4. The number of nitrogens with zero attached hydrogens (tertiary/aromatic N) is 1. The van der Waals surface area contributed by atoms with Gasteiger partial charge in [-0.25, -0.2) is 13.6 Å². The Morgan fingerprint density at radius 1 is 1.10 bits per heavy atom. The fourth-order valence-corrected chi connectivity index (χ4v) is 3.61. The van der Waals surface area contributed by atoms with Crippen LogP contribution in [0.1, 0.15) is 31.4 Å². The number of carbonyl (C=O) groups excluding carboxylic acids is 1. The van der Waals surface area contributed by atoms with Gasteiger partial charge in [0.2, 0.25) is 0 Å². The van der Waals surface area contributed by atoms with E-state index >= 15 is 0 Å². The van der Waals surface area contributed by atoms with Crippen molar-refractivity contribution in [2.75, 3.05) is 19.7 Å². The molecule has 2 aromatic carbocycles. The minimum Gasteiger partial charge on any atom is -0.493 e. The molecule has 0 radical (unpaired) electrons. The highest BCUT2D eigenvalue weighted by atomic mass is 19.1. The summed E-state index contributed by atoms with van der Waals surface area (Å²) in [6.07, 6.45) is 0.979. The second-order valence-electron chi connectivity index (χ2n) is 7.62. The zero-order valence-electron chi connectivity index (χ0n) is 17.4. The van der Waals surface area contributed by atoms with Crippen LogP contribution in [-0.2, 0) is 17.8 Å². The molecule has 0 aliphatic carbocycles. The summed E-state index contributed by atoms with van der Waals surface area (Å²) in [7, 11) is 0. The first kappa shape index (κ1) is 22.0. The molecule has 30 heavy (non-hydrogen) atoms. The van der Waals surface area contributed by atoms with Crippen LogP contribution in [0.2, 0.25) is 0 Å². The quantitative estimate of drug-likeness (QED) is 0.682. The van der Waals surface area contributed by atoms with Gasteiger partial charge >= 0.3 is 6.09 Å². The number of hydrogen-bond donors (Lipinski definition) is 1. The second kappa shape index (κ2) is 10.4. The summed E-state index contributed by atoms with van der Waals surface area (Å²) in [4.78, 5) is 14.0. The van der Waals surface area contributed by atoms with Crippen LogP contribution in [0.25, 0.3) is 0 Å². The predicted octanol–water partition coefficient (Wildman–Crippen LogP) is 4.30. The normalized spacial score (nSPS) is 18.9. The third-order valence-corrected chi connectivity index (χ3v) is 5.22. The number of aryl methyl sites for hydroxylation is 1. The number of nitrogens with one attached hydrogen (secondary N) is 1. The lowest BCUT2D eigenvalue weighted by Crippen LogP contribution is -2.57. The number of carbonyl (C=O) groups is 1. The molecule has 0 bridgehead atoms. The lowest BCUT2D eigenvalue weighted by atomic mass is 10.1. The smallest absolute Gasteiger partial charge is 0.410 e. The summed E-state index contributed by atoms with van der Waals surface area (Å²) in [5, 5.41) is 3.21. The monoisotopic (exact) mass is 418 g/mol. The van der Waals surface area contributed by atoms with E-state index in [0.717, 1.165) is 25.0 Å². The van der Waals surface area contributed by atoms with Gasteiger partial charge in [-0.1, -0.05) is 30.3 Å². The number of amides is 1. The van der Waals surface area contributed by atoms with Gasteiger partial charge < -0.3 is 19.7 Å². The summed E-state index contributed by atoms with van der Waals surface area (Å²) in [5.41, 5.74) is 0.902. The standard InChI is InChI=1S/C23H28F2N2O3/c1-16-13-26-14-17(2)27(16)23(28)30-15-20-21(24)11-19(12-22(20)25)29-10-6-9-18-7-4-3-5-8-18/h3-5,7-8,11-12,16-17,26H,6,9-10,13-15H2,1-2H3/t16-,17+. The van der Waals surface area contributed by atoms with Crippen LogP contribution in [0.3, 0.4) is 0 Å². The van der Waals surface area contributed by atoms with Crippen molar-refractivity contribution in [1.29, 1.82) is 0 Å². The van der Waals surface area contributed by atoms with Crippen LogP contribution >= 0.6 is 0 Å². The number of benzene rings is 2. The molecule has 162 valence electrons. The van der Waals surface area contributed by atoms with Gasteiger partial charge in [0.1, 0.15) is 24.0 Å². The molecule has 7 heteroatoms.